The van der Waals surface area contributed by atoms with Gasteiger partial charge >= 0.3 is 0 Å². The fraction of sp³-hybridized carbons (Fsp3) is 0.500. The number of rotatable bonds is 5. The molecule has 0 heterocycles. The zero-order chi connectivity index (χ0) is 12.1. The summed E-state index contributed by atoms with van der Waals surface area (Å²) < 4.78 is 0.889. The van der Waals surface area contributed by atoms with Crippen molar-refractivity contribution in [1.29, 1.82) is 0 Å². The van der Waals surface area contributed by atoms with Gasteiger partial charge in [-0.25, -0.2) is 0 Å². The molecule has 0 aliphatic rings. The van der Waals surface area contributed by atoms with Gasteiger partial charge in [-0.2, -0.15) is 0 Å². The first-order valence-corrected chi connectivity index (χ1v) is 6.62. The smallest absolute Gasteiger partial charge is 0.0733 e. The van der Waals surface area contributed by atoms with Crippen LogP contribution in [0.4, 0.5) is 0 Å². The maximum absolute atomic E-state index is 9.93. The fourth-order valence-electron chi connectivity index (χ4n) is 1.57. The average molecular weight is 343 g/mol. The molecule has 0 fully saturated rings. The van der Waals surface area contributed by atoms with E-state index in [2.05, 4.69) is 22.9 Å². The Balaban J connectivity index is 0.00000256. The second kappa shape index (κ2) is 8.33. The SMILES string of the molecule is CCCC[C@@H](O)[C@@H](N)c1cc(Cl)ccc1Br.Cl. The lowest BCUT2D eigenvalue weighted by Crippen LogP contribution is -2.26. The molecule has 1 aromatic rings. The van der Waals surface area contributed by atoms with Crippen LogP contribution >= 0.6 is 39.9 Å². The van der Waals surface area contributed by atoms with Gasteiger partial charge in [0, 0.05) is 9.50 Å². The van der Waals surface area contributed by atoms with Crippen molar-refractivity contribution in [2.75, 3.05) is 0 Å². The molecule has 2 atom stereocenters. The lowest BCUT2D eigenvalue weighted by atomic mass is 9.98. The maximum Gasteiger partial charge on any atom is 0.0733 e. The lowest BCUT2D eigenvalue weighted by Gasteiger charge is -2.20. The minimum absolute atomic E-state index is 0. The Labute approximate surface area is 122 Å². The number of hydrogen-bond donors (Lipinski definition) is 2. The van der Waals surface area contributed by atoms with Crippen molar-refractivity contribution in [3.63, 3.8) is 0 Å². The molecule has 17 heavy (non-hydrogen) atoms. The summed E-state index contributed by atoms with van der Waals surface area (Å²) in [5, 5.41) is 10.6. The predicted molar refractivity (Wildman–Crippen MR) is 78.9 cm³/mol. The monoisotopic (exact) mass is 341 g/mol. The van der Waals surface area contributed by atoms with Gasteiger partial charge in [0.1, 0.15) is 0 Å². The summed E-state index contributed by atoms with van der Waals surface area (Å²) in [5.41, 5.74) is 6.87. The van der Waals surface area contributed by atoms with Gasteiger partial charge in [-0.15, -0.1) is 12.4 Å². The van der Waals surface area contributed by atoms with E-state index >= 15 is 0 Å². The van der Waals surface area contributed by atoms with E-state index in [0.717, 1.165) is 29.3 Å². The second-order valence-corrected chi connectivity index (χ2v) is 5.19. The molecule has 0 spiro atoms. The Morgan fingerprint density at radius 3 is 2.71 bits per heavy atom. The van der Waals surface area contributed by atoms with Crippen LogP contribution in [-0.4, -0.2) is 11.2 Å². The van der Waals surface area contributed by atoms with E-state index in [0.29, 0.717) is 5.02 Å². The van der Waals surface area contributed by atoms with E-state index in [1.807, 2.05) is 6.07 Å². The molecule has 5 heteroatoms. The zero-order valence-corrected chi connectivity index (χ0v) is 12.9. The molecule has 0 aliphatic carbocycles. The molecule has 0 amide bonds. The van der Waals surface area contributed by atoms with Gasteiger partial charge in [-0.1, -0.05) is 47.3 Å². The number of halogens is 3. The molecule has 0 saturated heterocycles. The van der Waals surface area contributed by atoms with Crippen molar-refractivity contribution in [1.82, 2.24) is 0 Å². The summed E-state index contributed by atoms with van der Waals surface area (Å²) in [6.07, 6.45) is 2.24. The summed E-state index contributed by atoms with van der Waals surface area (Å²) in [5.74, 6) is 0. The Hall–Kier alpha value is 0.200. The molecular weight excluding hydrogens is 325 g/mol. The van der Waals surface area contributed by atoms with Gasteiger partial charge < -0.3 is 10.8 Å². The van der Waals surface area contributed by atoms with Crippen molar-refractivity contribution < 1.29 is 5.11 Å². The third kappa shape index (κ3) is 5.14. The van der Waals surface area contributed by atoms with Crippen LogP contribution in [0.1, 0.15) is 37.8 Å². The van der Waals surface area contributed by atoms with Crippen molar-refractivity contribution in [3.8, 4) is 0 Å². The molecule has 0 aromatic heterocycles. The highest BCUT2D eigenvalue weighted by Gasteiger charge is 2.18. The molecule has 1 rings (SSSR count). The van der Waals surface area contributed by atoms with E-state index < -0.39 is 6.10 Å². The van der Waals surface area contributed by atoms with E-state index in [9.17, 15) is 5.11 Å². The molecular formula is C12H18BrCl2NO. The van der Waals surface area contributed by atoms with E-state index in [1.165, 1.54) is 0 Å². The van der Waals surface area contributed by atoms with Crippen molar-refractivity contribution in [3.05, 3.63) is 33.3 Å². The average Bonchev–Trinajstić information content (AvgIpc) is 2.28. The molecule has 98 valence electrons. The van der Waals surface area contributed by atoms with Gasteiger partial charge in [0.25, 0.3) is 0 Å². The molecule has 0 saturated carbocycles. The highest BCUT2D eigenvalue weighted by Crippen LogP contribution is 2.28. The van der Waals surface area contributed by atoms with Crippen LogP contribution < -0.4 is 5.73 Å². The quantitative estimate of drug-likeness (QED) is 0.847. The lowest BCUT2D eigenvalue weighted by molar-refractivity contribution is 0.132. The van der Waals surface area contributed by atoms with Crippen LogP contribution in [0.15, 0.2) is 22.7 Å². The third-order valence-electron chi connectivity index (χ3n) is 2.59. The fourth-order valence-corrected chi connectivity index (χ4v) is 2.26. The van der Waals surface area contributed by atoms with Gasteiger partial charge in [0.15, 0.2) is 0 Å². The highest BCUT2D eigenvalue weighted by molar-refractivity contribution is 9.10. The third-order valence-corrected chi connectivity index (χ3v) is 3.54. The summed E-state index contributed by atoms with van der Waals surface area (Å²) in [4.78, 5) is 0. The summed E-state index contributed by atoms with van der Waals surface area (Å²) in [7, 11) is 0. The summed E-state index contributed by atoms with van der Waals surface area (Å²) in [6, 6.07) is 5.05. The van der Waals surface area contributed by atoms with Crippen molar-refractivity contribution >= 4 is 39.9 Å². The minimum Gasteiger partial charge on any atom is -0.391 e. The number of aliphatic hydroxyl groups is 1. The number of aliphatic hydroxyl groups excluding tert-OH is 1. The number of benzene rings is 1. The van der Waals surface area contributed by atoms with E-state index in [4.69, 9.17) is 17.3 Å². The topological polar surface area (TPSA) is 46.2 Å². The predicted octanol–water partition coefficient (Wildman–Crippen LogP) is 4.08. The van der Waals surface area contributed by atoms with Gasteiger partial charge in [0.05, 0.1) is 12.1 Å². The molecule has 0 bridgehead atoms. The Kier molecular flexibility index (Phi) is 8.43. The van der Waals surface area contributed by atoms with Gasteiger partial charge in [-0.05, 0) is 30.2 Å². The van der Waals surface area contributed by atoms with Crippen LogP contribution in [0, 0.1) is 0 Å². The van der Waals surface area contributed by atoms with E-state index in [-0.39, 0.29) is 18.4 Å². The first-order valence-electron chi connectivity index (χ1n) is 5.44. The van der Waals surface area contributed by atoms with Crippen LogP contribution in [0.5, 0.6) is 0 Å². The molecule has 0 unspecified atom stereocenters. The normalized spacial score (nSPS) is 13.9. The molecule has 1 aromatic carbocycles. The van der Waals surface area contributed by atoms with Crippen LogP contribution in [0.25, 0.3) is 0 Å². The molecule has 3 N–H and O–H groups in total. The Bertz CT molecular complexity index is 349. The molecule has 2 nitrogen and oxygen atoms in total. The first-order chi connectivity index (χ1) is 7.56. The van der Waals surface area contributed by atoms with E-state index in [1.54, 1.807) is 12.1 Å². The minimum atomic E-state index is -0.519. The van der Waals surface area contributed by atoms with Crippen LogP contribution in [0.2, 0.25) is 5.02 Å². The largest absolute Gasteiger partial charge is 0.391 e. The summed E-state index contributed by atoms with van der Waals surface area (Å²) in [6.45, 7) is 2.09. The maximum atomic E-state index is 9.93. The Morgan fingerprint density at radius 2 is 2.12 bits per heavy atom. The number of unbranched alkanes of at least 4 members (excludes halogenated alkanes) is 1. The van der Waals surface area contributed by atoms with Crippen LogP contribution in [-0.2, 0) is 0 Å². The van der Waals surface area contributed by atoms with Gasteiger partial charge in [-0.3, -0.25) is 0 Å². The Morgan fingerprint density at radius 1 is 1.47 bits per heavy atom. The molecule has 0 radical (unpaired) electrons. The van der Waals surface area contributed by atoms with Crippen LogP contribution in [0.3, 0.4) is 0 Å². The standard InChI is InChI=1S/C12H17BrClNO.ClH/c1-2-3-4-11(16)12(15)9-7-8(14)5-6-10(9)13;/h5-7,11-12,16H,2-4,15H2,1H3;1H/t11-,12+;/m1./s1. The number of nitrogens with two attached hydrogens (primary N) is 1. The molecule has 0 aliphatic heterocycles. The zero-order valence-electron chi connectivity index (χ0n) is 9.70. The highest BCUT2D eigenvalue weighted by atomic mass is 79.9. The van der Waals surface area contributed by atoms with Crippen molar-refractivity contribution in [2.45, 2.75) is 38.3 Å². The number of hydrogen-bond acceptors (Lipinski definition) is 2. The van der Waals surface area contributed by atoms with Gasteiger partial charge in [0.2, 0.25) is 0 Å². The summed E-state index contributed by atoms with van der Waals surface area (Å²) >= 11 is 9.33. The van der Waals surface area contributed by atoms with Crippen molar-refractivity contribution in [2.24, 2.45) is 5.73 Å². The second-order valence-electron chi connectivity index (χ2n) is 3.90. The first kappa shape index (κ1) is 17.2.